The number of benzene rings is 2. The molecule has 3 rings (SSSR count). The van der Waals surface area contributed by atoms with Gasteiger partial charge in [0.2, 0.25) is 5.69 Å². The summed E-state index contributed by atoms with van der Waals surface area (Å²) in [5.41, 5.74) is 0.589. The van der Waals surface area contributed by atoms with Crippen molar-refractivity contribution in [2.45, 2.75) is 13.8 Å². The highest BCUT2D eigenvalue weighted by atomic mass is 16.6. The average Bonchev–Trinajstić information content (AvgIpc) is 3.15. The van der Waals surface area contributed by atoms with Crippen molar-refractivity contribution in [1.82, 2.24) is 10.2 Å². The van der Waals surface area contributed by atoms with Gasteiger partial charge in [0.25, 0.3) is 11.6 Å². The standard InChI is InChI=1S/C18H15N5O6/c1-10-3-4-11(2)16(5-10)29-14-7-12(6-13(8-14)22(25)26)20-18(24)17-15(23(27)28)9-19-21-17/h3-9H,1-2H3,(H,19,21)(H,20,24). The minimum absolute atomic E-state index is 0.0356. The number of hydrogen-bond acceptors (Lipinski definition) is 7. The van der Waals surface area contributed by atoms with Gasteiger partial charge in [-0.1, -0.05) is 12.1 Å². The first-order valence-corrected chi connectivity index (χ1v) is 8.28. The first-order chi connectivity index (χ1) is 13.7. The first kappa shape index (κ1) is 19.5. The number of carbonyl (C=O) groups excluding carboxylic acids is 1. The number of aromatic amines is 1. The van der Waals surface area contributed by atoms with Crippen molar-refractivity contribution in [3.63, 3.8) is 0 Å². The van der Waals surface area contributed by atoms with Crippen molar-refractivity contribution in [2.24, 2.45) is 0 Å². The molecular weight excluding hydrogens is 382 g/mol. The Morgan fingerprint density at radius 3 is 2.55 bits per heavy atom. The summed E-state index contributed by atoms with van der Waals surface area (Å²) >= 11 is 0. The number of nitrogens with zero attached hydrogens (tertiary/aromatic N) is 3. The van der Waals surface area contributed by atoms with Crippen LogP contribution < -0.4 is 10.1 Å². The van der Waals surface area contributed by atoms with Crippen LogP contribution in [-0.4, -0.2) is 26.0 Å². The SMILES string of the molecule is Cc1ccc(C)c(Oc2cc(NC(=O)c3[nH]ncc3[N+](=O)[O-])cc([N+](=O)[O-])c2)c1. The number of anilines is 1. The van der Waals surface area contributed by atoms with Gasteiger partial charge in [0.15, 0.2) is 0 Å². The molecule has 0 bridgehead atoms. The second-order valence-electron chi connectivity index (χ2n) is 6.19. The second kappa shape index (κ2) is 7.76. The van der Waals surface area contributed by atoms with Crippen LogP contribution in [0.1, 0.15) is 21.6 Å². The minimum Gasteiger partial charge on any atom is -0.457 e. The number of aryl methyl sites for hydroxylation is 2. The van der Waals surface area contributed by atoms with E-state index in [0.29, 0.717) is 5.75 Å². The lowest BCUT2D eigenvalue weighted by atomic mass is 10.1. The van der Waals surface area contributed by atoms with Gasteiger partial charge in [-0.2, -0.15) is 5.10 Å². The van der Waals surface area contributed by atoms with E-state index in [4.69, 9.17) is 4.74 Å². The summed E-state index contributed by atoms with van der Waals surface area (Å²) in [4.78, 5) is 33.2. The molecule has 11 heteroatoms. The van der Waals surface area contributed by atoms with Gasteiger partial charge in [-0.05, 0) is 31.0 Å². The third-order valence-electron chi connectivity index (χ3n) is 3.97. The molecule has 0 aliphatic rings. The first-order valence-electron chi connectivity index (χ1n) is 8.28. The molecule has 0 saturated carbocycles. The fourth-order valence-corrected chi connectivity index (χ4v) is 2.54. The third-order valence-corrected chi connectivity index (χ3v) is 3.97. The van der Waals surface area contributed by atoms with E-state index < -0.39 is 21.4 Å². The number of aromatic nitrogens is 2. The van der Waals surface area contributed by atoms with Crippen molar-refractivity contribution in [3.8, 4) is 11.5 Å². The lowest BCUT2D eigenvalue weighted by Crippen LogP contribution is -2.14. The lowest BCUT2D eigenvalue weighted by Gasteiger charge is -2.11. The number of amides is 1. The van der Waals surface area contributed by atoms with E-state index in [-0.39, 0.29) is 22.8 Å². The molecule has 2 aromatic carbocycles. The number of non-ortho nitro benzene ring substituents is 1. The van der Waals surface area contributed by atoms with Crippen molar-refractivity contribution in [2.75, 3.05) is 5.32 Å². The van der Waals surface area contributed by atoms with Crippen LogP contribution in [0.25, 0.3) is 0 Å². The monoisotopic (exact) mass is 397 g/mol. The Hall–Kier alpha value is -4.28. The van der Waals surface area contributed by atoms with Crippen LogP contribution in [0.2, 0.25) is 0 Å². The zero-order valence-corrected chi connectivity index (χ0v) is 15.3. The summed E-state index contributed by atoms with van der Waals surface area (Å²) in [6, 6.07) is 9.25. The normalized spacial score (nSPS) is 10.4. The van der Waals surface area contributed by atoms with Gasteiger partial charge in [-0.25, -0.2) is 0 Å². The number of nitro groups is 2. The Morgan fingerprint density at radius 1 is 1.10 bits per heavy atom. The highest BCUT2D eigenvalue weighted by Gasteiger charge is 2.23. The minimum atomic E-state index is -0.868. The van der Waals surface area contributed by atoms with Crippen LogP contribution >= 0.6 is 0 Å². The summed E-state index contributed by atoms with van der Waals surface area (Å²) in [5.74, 6) is -0.235. The molecule has 0 radical (unpaired) electrons. The largest absolute Gasteiger partial charge is 0.457 e. The summed E-state index contributed by atoms with van der Waals surface area (Å²) in [7, 11) is 0. The molecule has 29 heavy (non-hydrogen) atoms. The number of nitrogens with one attached hydrogen (secondary N) is 2. The quantitative estimate of drug-likeness (QED) is 0.472. The Bertz CT molecular complexity index is 1120. The Balaban J connectivity index is 1.93. The van der Waals surface area contributed by atoms with Crippen LogP contribution in [0.3, 0.4) is 0 Å². The molecule has 0 fully saturated rings. The van der Waals surface area contributed by atoms with Crippen LogP contribution in [-0.2, 0) is 0 Å². The molecule has 0 aliphatic carbocycles. The predicted octanol–water partition coefficient (Wildman–Crippen LogP) is 3.89. The van der Waals surface area contributed by atoms with E-state index in [1.807, 2.05) is 26.0 Å². The summed E-state index contributed by atoms with van der Waals surface area (Å²) in [6.45, 7) is 3.70. The number of hydrogen-bond donors (Lipinski definition) is 2. The molecule has 0 saturated heterocycles. The van der Waals surface area contributed by atoms with E-state index in [0.717, 1.165) is 23.4 Å². The highest BCUT2D eigenvalue weighted by Crippen LogP contribution is 2.32. The number of nitro benzene ring substituents is 1. The van der Waals surface area contributed by atoms with Gasteiger partial charge in [0, 0.05) is 12.1 Å². The van der Waals surface area contributed by atoms with Crippen LogP contribution in [0.5, 0.6) is 11.5 Å². The molecule has 0 spiro atoms. The Labute approximate surface area is 163 Å². The fourth-order valence-electron chi connectivity index (χ4n) is 2.54. The maximum Gasteiger partial charge on any atom is 0.319 e. The van der Waals surface area contributed by atoms with Crippen molar-refractivity contribution < 1.29 is 19.4 Å². The Morgan fingerprint density at radius 2 is 1.86 bits per heavy atom. The van der Waals surface area contributed by atoms with Gasteiger partial charge in [0.1, 0.15) is 17.7 Å². The van der Waals surface area contributed by atoms with Crippen molar-refractivity contribution in [3.05, 3.63) is 79.6 Å². The Kier molecular flexibility index (Phi) is 5.21. The van der Waals surface area contributed by atoms with Crippen molar-refractivity contribution in [1.29, 1.82) is 0 Å². The number of rotatable bonds is 6. The van der Waals surface area contributed by atoms with E-state index in [9.17, 15) is 25.0 Å². The molecule has 11 nitrogen and oxygen atoms in total. The summed E-state index contributed by atoms with van der Waals surface area (Å²) < 4.78 is 5.77. The number of ether oxygens (including phenoxy) is 1. The van der Waals surface area contributed by atoms with Gasteiger partial charge in [-0.15, -0.1) is 0 Å². The van der Waals surface area contributed by atoms with Crippen LogP contribution in [0.4, 0.5) is 17.1 Å². The zero-order valence-electron chi connectivity index (χ0n) is 15.3. The van der Waals surface area contributed by atoms with Gasteiger partial charge < -0.3 is 10.1 Å². The molecule has 0 aliphatic heterocycles. The lowest BCUT2D eigenvalue weighted by molar-refractivity contribution is -0.385. The predicted molar refractivity (Wildman–Crippen MR) is 102 cm³/mol. The molecule has 1 aromatic heterocycles. The van der Waals surface area contributed by atoms with E-state index >= 15 is 0 Å². The smallest absolute Gasteiger partial charge is 0.319 e. The van der Waals surface area contributed by atoms with Gasteiger partial charge in [0.05, 0.1) is 21.6 Å². The maximum absolute atomic E-state index is 12.4. The highest BCUT2D eigenvalue weighted by molar-refractivity contribution is 6.05. The zero-order chi connectivity index (χ0) is 21.1. The van der Waals surface area contributed by atoms with E-state index in [1.54, 1.807) is 6.07 Å². The second-order valence-corrected chi connectivity index (χ2v) is 6.19. The number of carbonyl (C=O) groups is 1. The molecule has 1 heterocycles. The van der Waals surface area contributed by atoms with Gasteiger partial charge >= 0.3 is 5.69 Å². The fraction of sp³-hybridized carbons (Fsp3) is 0.111. The van der Waals surface area contributed by atoms with Gasteiger partial charge in [-0.3, -0.25) is 30.1 Å². The molecule has 3 aromatic rings. The maximum atomic E-state index is 12.4. The van der Waals surface area contributed by atoms with Crippen molar-refractivity contribution >= 4 is 23.0 Å². The van der Waals surface area contributed by atoms with E-state index in [1.165, 1.54) is 12.1 Å². The molecule has 2 N–H and O–H groups in total. The molecular formula is C18H15N5O6. The molecule has 148 valence electrons. The topological polar surface area (TPSA) is 153 Å². The van der Waals surface area contributed by atoms with Crippen LogP contribution in [0, 0.1) is 34.1 Å². The summed E-state index contributed by atoms with van der Waals surface area (Å²) in [5, 5.41) is 30.3. The molecule has 1 amide bonds. The molecule has 0 unspecified atom stereocenters. The number of H-pyrrole nitrogens is 1. The van der Waals surface area contributed by atoms with Crippen LogP contribution in [0.15, 0.2) is 42.6 Å². The average molecular weight is 397 g/mol. The van der Waals surface area contributed by atoms with E-state index in [2.05, 4.69) is 15.5 Å². The molecule has 0 atom stereocenters. The third kappa shape index (κ3) is 4.35. The summed E-state index contributed by atoms with van der Waals surface area (Å²) in [6.07, 6.45) is 0.900.